The van der Waals surface area contributed by atoms with Crippen LogP contribution in [0.4, 0.5) is 5.82 Å². The number of aryl methyl sites for hydroxylation is 1. The summed E-state index contributed by atoms with van der Waals surface area (Å²) >= 11 is 5.92. The molecular formula is C14H17BrIN3. The zero-order valence-corrected chi connectivity index (χ0v) is 15.0. The molecule has 0 atom stereocenters. The number of nitrogen functional groups attached to an aromatic ring is 1. The molecule has 1 aromatic heterocycles. The third kappa shape index (κ3) is 3.13. The van der Waals surface area contributed by atoms with E-state index in [1.54, 1.807) is 4.68 Å². The Balaban J connectivity index is 2.61. The molecule has 2 rings (SSSR count). The number of nitrogens with zero attached hydrogens (tertiary/aromatic N) is 2. The molecule has 1 heterocycles. The molecule has 2 N–H and O–H groups in total. The van der Waals surface area contributed by atoms with Gasteiger partial charge in [-0.1, -0.05) is 29.8 Å². The third-order valence-electron chi connectivity index (χ3n) is 2.99. The standard InChI is InChI=1S/C14H17BrIN3/c1-8(2)6-11-13(18-19(3)14(11)17)10-7-9(16)4-5-12(10)15/h4-5,7-8H,6,17H2,1-3H3. The Morgan fingerprint density at radius 1 is 1.42 bits per heavy atom. The van der Waals surface area contributed by atoms with Gasteiger partial charge in [-0.3, -0.25) is 4.68 Å². The van der Waals surface area contributed by atoms with Gasteiger partial charge in [0.2, 0.25) is 0 Å². The summed E-state index contributed by atoms with van der Waals surface area (Å²) in [5.74, 6) is 1.31. The van der Waals surface area contributed by atoms with E-state index in [4.69, 9.17) is 5.73 Å². The molecule has 3 nitrogen and oxygen atoms in total. The van der Waals surface area contributed by atoms with Crippen molar-refractivity contribution in [2.75, 3.05) is 5.73 Å². The van der Waals surface area contributed by atoms with E-state index in [9.17, 15) is 0 Å². The van der Waals surface area contributed by atoms with Crippen LogP contribution < -0.4 is 5.73 Å². The summed E-state index contributed by atoms with van der Waals surface area (Å²) in [6.45, 7) is 4.39. The second-order valence-electron chi connectivity index (χ2n) is 5.06. The fourth-order valence-electron chi connectivity index (χ4n) is 2.09. The van der Waals surface area contributed by atoms with Gasteiger partial charge in [-0.25, -0.2) is 0 Å². The molecule has 102 valence electrons. The molecule has 5 heteroatoms. The molecular weight excluding hydrogens is 417 g/mol. The minimum Gasteiger partial charge on any atom is -0.384 e. The molecule has 0 bridgehead atoms. The molecule has 0 unspecified atom stereocenters. The van der Waals surface area contributed by atoms with E-state index in [1.165, 1.54) is 3.57 Å². The van der Waals surface area contributed by atoms with Crippen molar-refractivity contribution in [1.29, 1.82) is 0 Å². The highest BCUT2D eigenvalue weighted by atomic mass is 127. The maximum atomic E-state index is 6.16. The van der Waals surface area contributed by atoms with Crippen molar-refractivity contribution < 1.29 is 0 Å². The van der Waals surface area contributed by atoms with E-state index < -0.39 is 0 Å². The van der Waals surface area contributed by atoms with Crippen molar-refractivity contribution in [1.82, 2.24) is 9.78 Å². The van der Waals surface area contributed by atoms with Gasteiger partial charge in [-0.2, -0.15) is 5.10 Å². The van der Waals surface area contributed by atoms with Crippen LogP contribution in [-0.4, -0.2) is 9.78 Å². The lowest BCUT2D eigenvalue weighted by Gasteiger charge is -2.08. The number of hydrogen-bond acceptors (Lipinski definition) is 2. The van der Waals surface area contributed by atoms with E-state index >= 15 is 0 Å². The van der Waals surface area contributed by atoms with Crippen LogP contribution in [-0.2, 0) is 13.5 Å². The summed E-state index contributed by atoms with van der Waals surface area (Å²) in [5, 5.41) is 4.59. The molecule has 0 aliphatic heterocycles. The first-order valence-corrected chi connectivity index (χ1v) is 8.04. The summed E-state index contributed by atoms with van der Waals surface area (Å²) < 4.78 is 4.01. The van der Waals surface area contributed by atoms with E-state index in [2.05, 4.69) is 75.7 Å². The normalized spacial score (nSPS) is 11.3. The lowest BCUT2D eigenvalue weighted by atomic mass is 9.99. The molecule has 0 fully saturated rings. The van der Waals surface area contributed by atoms with E-state index in [1.807, 2.05) is 7.05 Å². The van der Waals surface area contributed by atoms with Crippen molar-refractivity contribution in [2.24, 2.45) is 13.0 Å². The zero-order chi connectivity index (χ0) is 14.2. The first-order valence-electron chi connectivity index (χ1n) is 6.17. The fourth-order valence-corrected chi connectivity index (χ4v) is 3.01. The summed E-state index contributed by atoms with van der Waals surface area (Å²) in [7, 11) is 1.89. The molecule has 19 heavy (non-hydrogen) atoms. The van der Waals surface area contributed by atoms with Crippen molar-refractivity contribution in [3.63, 3.8) is 0 Å². The Kier molecular flexibility index (Phi) is 4.55. The summed E-state index contributed by atoms with van der Waals surface area (Å²) in [6.07, 6.45) is 0.937. The number of nitrogens with two attached hydrogens (primary N) is 1. The molecule has 0 aliphatic carbocycles. The van der Waals surface area contributed by atoms with Crippen LogP contribution in [0.25, 0.3) is 11.3 Å². The molecule has 0 spiro atoms. The Hall–Kier alpha value is -0.560. The summed E-state index contributed by atoms with van der Waals surface area (Å²) in [4.78, 5) is 0. The number of anilines is 1. The van der Waals surface area contributed by atoms with Crippen molar-refractivity contribution in [3.8, 4) is 11.3 Å². The smallest absolute Gasteiger partial charge is 0.125 e. The van der Waals surface area contributed by atoms with Crippen molar-refractivity contribution in [2.45, 2.75) is 20.3 Å². The lowest BCUT2D eigenvalue weighted by Crippen LogP contribution is -2.02. The number of benzene rings is 1. The van der Waals surface area contributed by atoms with E-state index in [0.29, 0.717) is 5.92 Å². The second kappa shape index (κ2) is 5.83. The van der Waals surface area contributed by atoms with Gasteiger partial charge in [0.25, 0.3) is 0 Å². The fraction of sp³-hybridized carbons (Fsp3) is 0.357. The van der Waals surface area contributed by atoms with Crippen LogP contribution in [0, 0.1) is 9.49 Å². The number of halogens is 2. The Morgan fingerprint density at radius 3 is 2.74 bits per heavy atom. The maximum Gasteiger partial charge on any atom is 0.125 e. The van der Waals surface area contributed by atoms with Gasteiger partial charge in [0.05, 0.1) is 5.69 Å². The van der Waals surface area contributed by atoms with Crippen molar-refractivity contribution >= 4 is 44.3 Å². The average molecular weight is 434 g/mol. The second-order valence-corrected chi connectivity index (χ2v) is 7.16. The maximum absolute atomic E-state index is 6.16. The minimum absolute atomic E-state index is 0.548. The quantitative estimate of drug-likeness (QED) is 0.736. The highest BCUT2D eigenvalue weighted by Gasteiger charge is 2.18. The molecule has 0 aliphatic rings. The first-order chi connectivity index (χ1) is 8.90. The Bertz CT molecular complexity index is 605. The Morgan fingerprint density at radius 2 is 2.11 bits per heavy atom. The van der Waals surface area contributed by atoms with Crippen LogP contribution in [0.15, 0.2) is 22.7 Å². The SMILES string of the molecule is CC(C)Cc1c(-c2cc(I)ccc2Br)nn(C)c1N. The number of aromatic nitrogens is 2. The van der Waals surface area contributed by atoms with Crippen LogP contribution >= 0.6 is 38.5 Å². The van der Waals surface area contributed by atoms with Crippen LogP contribution in [0.2, 0.25) is 0 Å². The predicted molar refractivity (Wildman–Crippen MR) is 92.0 cm³/mol. The monoisotopic (exact) mass is 433 g/mol. The highest BCUT2D eigenvalue weighted by Crippen LogP contribution is 2.34. The molecule has 2 aromatic rings. The van der Waals surface area contributed by atoms with Crippen LogP contribution in [0.3, 0.4) is 0 Å². The Labute approximate surface area is 135 Å². The first kappa shape index (κ1) is 14.8. The van der Waals surface area contributed by atoms with Gasteiger partial charge in [0.1, 0.15) is 5.82 Å². The van der Waals surface area contributed by atoms with Gasteiger partial charge in [0, 0.05) is 26.2 Å². The highest BCUT2D eigenvalue weighted by molar-refractivity contribution is 14.1. The van der Waals surface area contributed by atoms with Gasteiger partial charge < -0.3 is 5.73 Å². The number of hydrogen-bond donors (Lipinski definition) is 1. The molecule has 1 aromatic carbocycles. The van der Waals surface area contributed by atoms with Crippen molar-refractivity contribution in [3.05, 3.63) is 31.8 Å². The summed E-state index contributed by atoms with van der Waals surface area (Å²) in [5.41, 5.74) is 9.39. The molecule has 0 saturated heterocycles. The van der Waals surface area contributed by atoms with E-state index in [-0.39, 0.29) is 0 Å². The minimum atomic E-state index is 0.548. The average Bonchev–Trinajstić information content (AvgIpc) is 2.60. The van der Waals surface area contributed by atoms with Gasteiger partial charge in [0.15, 0.2) is 0 Å². The topological polar surface area (TPSA) is 43.8 Å². The molecule has 0 saturated carbocycles. The van der Waals surface area contributed by atoms with Gasteiger partial charge in [-0.15, -0.1) is 0 Å². The molecule has 0 amide bonds. The van der Waals surface area contributed by atoms with Gasteiger partial charge in [-0.05, 0) is 53.1 Å². The van der Waals surface area contributed by atoms with Crippen LogP contribution in [0.1, 0.15) is 19.4 Å². The third-order valence-corrected chi connectivity index (χ3v) is 4.35. The lowest BCUT2D eigenvalue weighted by molar-refractivity contribution is 0.648. The predicted octanol–water partition coefficient (Wildman–Crippen LogP) is 4.23. The summed E-state index contributed by atoms with van der Waals surface area (Å²) in [6, 6.07) is 6.26. The van der Waals surface area contributed by atoms with E-state index in [0.717, 1.165) is 33.5 Å². The zero-order valence-electron chi connectivity index (χ0n) is 11.2. The van der Waals surface area contributed by atoms with Gasteiger partial charge >= 0.3 is 0 Å². The largest absolute Gasteiger partial charge is 0.384 e. The van der Waals surface area contributed by atoms with Crippen LogP contribution in [0.5, 0.6) is 0 Å². The number of rotatable bonds is 3. The molecule has 0 radical (unpaired) electrons.